The lowest BCUT2D eigenvalue weighted by molar-refractivity contribution is -0.0796. The van der Waals surface area contributed by atoms with Crippen LogP contribution >= 0.6 is 0 Å². The van der Waals surface area contributed by atoms with Gasteiger partial charge in [-0.25, -0.2) is 4.79 Å². The third-order valence-corrected chi connectivity index (χ3v) is 4.84. The molecule has 2 fully saturated rings. The van der Waals surface area contributed by atoms with Crippen molar-refractivity contribution in [2.45, 2.75) is 70.6 Å². The summed E-state index contributed by atoms with van der Waals surface area (Å²) in [6, 6.07) is 1.06. The summed E-state index contributed by atoms with van der Waals surface area (Å²) in [5.41, 5.74) is 0.0293. The van der Waals surface area contributed by atoms with Gasteiger partial charge in [0.2, 0.25) is 0 Å². The molecule has 21 heavy (non-hydrogen) atoms. The average Bonchev–Trinajstić information content (AvgIpc) is 2.48. The Morgan fingerprint density at radius 2 is 2.00 bits per heavy atom. The number of ether oxygens (including phenoxy) is 2. The maximum atomic E-state index is 11.7. The van der Waals surface area contributed by atoms with Crippen LogP contribution in [0.5, 0.6) is 0 Å². The number of carbonyl (C=O) groups is 1. The Labute approximate surface area is 128 Å². The predicted octanol–water partition coefficient (Wildman–Crippen LogP) is 2.54. The maximum Gasteiger partial charge on any atom is 0.409 e. The normalized spacial score (nSPS) is 31.2. The summed E-state index contributed by atoms with van der Waals surface area (Å²) in [7, 11) is 0. The molecule has 0 radical (unpaired) electrons. The van der Waals surface area contributed by atoms with Crippen LogP contribution in [0.15, 0.2) is 0 Å². The standard InChI is InChI=1S/C16H30N2O3/c1-4-16(3)12-14(8-11-21-16)17-13-6-9-18(10-7-13)15(19)20-5-2/h13-14,17H,4-12H2,1-3H3. The maximum absolute atomic E-state index is 11.7. The van der Waals surface area contributed by atoms with Crippen LogP contribution in [-0.4, -0.2) is 55.0 Å². The number of nitrogens with one attached hydrogen (secondary N) is 1. The number of nitrogens with zero attached hydrogens (tertiary/aromatic N) is 1. The van der Waals surface area contributed by atoms with Crippen LogP contribution in [0.3, 0.4) is 0 Å². The van der Waals surface area contributed by atoms with Gasteiger partial charge in [0.05, 0.1) is 12.2 Å². The zero-order valence-corrected chi connectivity index (χ0v) is 13.7. The van der Waals surface area contributed by atoms with Crippen LogP contribution in [0.25, 0.3) is 0 Å². The Kier molecular flexibility index (Phi) is 5.88. The molecule has 5 nitrogen and oxygen atoms in total. The van der Waals surface area contributed by atoms with Gasteiger partial charge in [-0.1, -0.05) is 6.92 Å². The molecule has 1 amide bonds. The molecule has 2 unspecified atom stereocenters. The van der Waals surface area contributed by atoms with Crippen molar-refractivity contribution < 1.29 is 14.3 Å². The number of likely N-dealkylation sites (tertiary alicyclic amines) is 1. The van der Waals surface area contributed by atoms with Gasteiger partial charge in [0.15, 0.2) is 0 Å². The highest BCUT2D eigenvalue weighted by molar-refractivity contribution is 5.67. The van der Waals surface area contributed by atoms with E-state index in [1.54, 1.807) is 0 Å². The minimum atomic E-state index is -0.166. The molecule has 0 bridgehead atoms. The Balaban J connectivity index is 1.74. The third kappa shape index (κ3) is 4.58. The van der Waals surface area contributed by atoms with Crippen LogP contribution in [-0.2, 0) is 9.47 Å². The van der Waals surface area contributed by atoms with Gasteiger partial charge in [0.25, 0.3) is 0 Å². The molecule has 1 N–H and O–H groups in total. The van der Waals surface area contributed by atoms with Crippen molar-refractivity contribution in [3.05, 3.63) is 0 Å². The second kappa shape index (κ2) is 7.45. The molecule has 0 aliphatic carbocycles. The van der Waals surface area contributed by atoms with Crippen molar-refractivity contribution in [2.75, 3.05) is 26.3 Å². The molecule has 0 saturated carbocycles. The molecule has 0 spiro atoms. The van der Waals surface area contributed by atoms with E-state index in [9.17, 15) is 4.79 Å². The molecule has 2 aliphatic heterocycles. The van der Waals surface area contributed by atoms with Gasteiger partial charge in [-0.3, -0.25) is 0 Å². The summed E-state index contributed by atoms with van der Waals surface area (Å²) < 4.78 is 11.0. The van der Waals surface area contributed by atoms with Crippen LogP contribution in [0, 0.1) is 0 Å². The monoisotopic (exact) mass is 298 g/mol. The zero-order chi connectivity index (χ0) is 15.3. The molecule has 0 aromatic rings. The summed E-state index contributed by atoms with van der Waals surface area (Å²) in [5, 5.41) is 3.78. The number of rotatable bonds is 4. The Bertz CT molecular complexity index is 342. The van der Waals surface area contributed by atoms with Gasteiger partial charge in [-0.15, -0.1) is 0 Å². The second-order valence-electron chi connectivity index (χ2n) is 6.47. The lowest BCUT2D eigenvalue weighted by atomic mass is 9.89. The Morgan fingerprint density at radius 3 is 2.62 bits per heavy atom. The van der Waals surface area contributed by atoms with E-state index in [0.717, 1.165) is 51.8 Å². The van der Waals surface area contributed by atoms with Crippen molar-refractivity contribution in [3.8, 4) is 0 Å². The predicted molar refractivity (Wildman–Crippen MR) is 82.4 cm³/mol. The van der Waals surface area contributed by atoms with Crippen LogP contribution in [0.2, 0.25) is 0 Å². The topological polar surface area (TPSA) is 50.8 Å². The van der Waals surface area contributed by atoms with E-state index in [0.29, 0.717) is 18.7 Å². The molecular weight excluding hydrogens is 268 g/mol. The fourth-order valence-corrected chi connectivity index (χ4v) is 3.30. The molecule has 0 aromatic carbocycles. The molecule has 2 aliphatic rings. The van der Waals surface area contributed by atoms with E-state index in [1.807, 2.05) is 11.8 Å². The van der Waals surface area contributed by atoms with Crippen LogP contribution in [0.4, 0.5) is 4.79 Å². The largest absolute Gasteiger partial charge is 0.450 e. The van der Waals surface area contributed by atoms with E-state index < -0.39 is 0 Å². The van der Waals surface area contributed by atoms with E-state index in [-0.39, 0.29) is 11.7 Å². The Morgan fingerprint density at radius 1 is 1.29 bits per heavy atom. The fraction of sp³-hybridized carbons (Fsp3) is 0.938. The smallest absolute Gasteiger partial charge is 0.409 e. The highest BCUT2D eigenvalue weighted by Crippen LogP contribution is 2.28. The lowest BCUT2D eigenvalue weighted by Crippen LogP contribution is -2.51. The van der Waals surface area contributed by atoms with E-state index >= 15 is 0 Å². The molecule has 2 heterocycles. The van der Waals surface area contributed by atoms with Gasteiger partial charge in [0.1, 0.15) is 0 Å². The molecule has 122 valence electrons. The summed E-state index contributed by atoms with van der Waals surface area (Å²) in [5.74, 6) is 0. The number of amides is 1. The number of carbonyl (C=O) groups excluding carboxylic acids is 1. The Hall–Kier alpha value is -0.810. The molecule has 0 aromatic heterocycles. The fourth-order valence-electron chi connectivity index (χ4n) is 3.30. The number of hydrogen-bond acceptors (Lipinski definition) is 4. The summed E-state index contributed by atoms with van der Waals surface area (Å²) >= 11 is 0. The third-order valence-electron chi connectivity index (χ3n) is 4.84. The minimum absolute atomic E-state index is 0.0293. The average molecular weight is 298 g/mol. The lowest BCUT2D eigenvalue weighted by Gasteiger charge is -2.41. The SMILES string of the molecule is CCOC(=O)N1CCC(NC2CCOC(C)(CC)C2)CC1. The molecular formula is C16H30N2O3. The first-order valence-corrected chi connectivity index (χ1v) is 8.38. The first-order chi connectivity index (χ1) is 10.1. The van der Waals surface area contributed by atoms with Crippen molar-refractivity contribution >= 4 is 6.09 Å². The summed E-state index contributed by atoms with van der Waals surface area (Å²) in [6.07, 6.45) is 5.10. The quantitative estimate of drug-likeness (QED) is 0.866. The second-order valence-corrected chi connectivity index (χ2v) is 6.47. The van der Waals surface area contributed by atoms with E-state index in [4.69, 9.17) is 9.47 Å². The van der Waals surface area contributed by atoms with Crippen molar-refractivity contribution in [1.29, 1.82) is 0 Å². The summed E-state index contributed by atoms with van der Waals surface area (Å²) in [4.78, 5) is 13.5. The van der Waals surface area contributed by atoms with Crippen molar-refractivity contribution in [2.24, 2.45) is 0 Å². The van der Waals surface area contributed by atoms with Gasteiger partial charge < -0.3 is 19.7 Å². The molecule has 5 heteroatoms. The number of piperidine rings is 1. The summed E-state index contributed by atoms with van der Waals surface area (Å²) in [6.45, 7) is 9.15. The van der Waals surface area contributed by atoms with Gasteiger partial charge >= 0.3 is 6.09 Å². The van der Waals surface area contributed by atoms with Gasteiger partial charge in [0, 0.05) is 31.8 Å². The van der Waals surface area contributed by atoms with Crippen molar-refractivity contribution in [1.82, 2.24) is 10.2 Å². The highest BCUT2D eigenvalue weighted by Gasteiger charge is 2.33. The van der Waals surface area contributed by atoms with Crippen LogP contribution < -0.4 is 5.32 Å². The van der Waals surface area contributed by atoms with Crippen molar-refractivity contribution in [3.63, 3.8) is 0 Å². The first kappa shape index (κ1) is 16.6. The number of hydrogen-bond donors (Lipinski definition) is 1. The molecule has 2 rings (SSSR count). The van der Waals surface area contributed by atoms with Crippen LogP contribution in [0.1, 0.15) is 52.9 Å². The molecule has 2 atom stereocenters. The van der Waals surface area contributed by atoms with E-state index in [1.165, 1.54) is 0 Å². The highest BCUT2D eigenvalue weighted by atomic mass is 16.6. The minimum Gasteiger partial charge on any atom is -0.450 e. The molecule has 2 saturated heterocycles. The zero-order valence-electron chi connectivity index (χ0n) is 13.7. The first-order valence-electron chi connectivity index (χ1n) is 8.38. The van der Waals surface area contributed by atoms with Gasteiger partial charge in [-0.05, 0) is 46.0 Å². The van der Waals surface area contributed by atoms with Gasteiger partial charge in [-0.2, -0.15) is 0 Å². The van der Waals surface area contributed by atoms with E-state index in [2.05, 4.69) is 19.2 Å².